The van der Waals surface area contributed by atoms with E-state index in [1.807, 2.05) is 0 Å². The fourth-order valence-corrected chi connectivity index (χ4v) is 5.86. The van der Waals surface area contributed by atoms with E-state index in [0.717, 1.165) is 57.2 Å². The van der Waals surface area contributed by atoms with Gasteiger partial charge in [0.15, 0.2) is 11.5 Å². The highest BCUT2D eigenvalue weighted by atomic mass is 19.1. The van der Waals surface area contributed by atoms with Crippen LogP contribution in [0.15, 0.2) is 42.6 Å². The topological polar surface area (TPSA) is 98.3 Å². The first-order chi connectivity index (χ1) is 19.9. The molecule has 0 amide bonds. The Morgan fingerprint density at radius 2 is 1.88 bits per heavy atom. The van der Waals surface area contributed by atoms with Crippen LogP contribution >= 0.6 is 0 Å². The number of anilines is 2. The molecule has 1 aromatic carbocycles. The van der Waals surface area contributed by atoms with Gasteiger partial charge in [0.2, 0.25) is 5.95 Å². The lowest BCUT2D eigenvalue weighted by molar-refractivity contribution is 0.169. The molecule has 0 radical (unpaired) electrons. The molecule has 1 atom stereocenters. The second kappa shape index (κ2) is 11.4. The first-order valence-electron chi connectivity index (χ1n) is 14.2. The first kappa shape index (κ1) is 27.0. The summed E-state index contributed by atoms with van der Waals surface area (Å²) >= 11 is 0. The minimum Gasteiger partial charge on any atom is -0.364 e. The van der Waals surface area contributed by atoms with Crippen LogP contribution < -0.4 is 10.2 Å². The number of rotatable bonds is 6. The van der Waals surface area contributed by atoms with Crippen molar-refractivity contribution in [2.75, 3.05) is 36.4 Å². The number of nitrogens with one attached hydrogen (secondary N) is 1. The molecule has 1 unspecified atom stereocenters. The van der Waals surface area contributed by atoms with E-state index in [2.05, 4.69) is 40.0 Å². The zero-order chi connectivity index (χ0) is 28.5. The van der Waals surface area contributed by atoms with Gasteiger partial charge in [0.25, 0.3) is 0 Å². The number of halogens is 2. The molecular formula is C30H33F2N9. The Morgan fingerprint density at radius 3 is 2.63 bits per heavy atom. The van der Waals surface area contributed by atoms with E-state index in [1.54, 1.807) is 28.9 Å². The van der Waals surface area contributed by atoms with E-state index in [0.29, 0.717) is 41.3 Å². The van der Waals surface area contributed by atoms with E-state index in [-0.39, 0.29) is 17.5 Å². The van der Waals surface area contributed by atoms with Crippen LogP contribution in [0.3, 0.4) is 0 Å². The molecule has 2 saturated heterocycles. The molecule has 41 heavy (non-hydrogen) atoms. The van der Waals surface area contributed by atoms with Gasteiger partial charge in [-0.05, 0) is 76.9 Å². The predicted octanol–water partition coefficient (Wildman–Crippen LogP) is 5.00. The number of pyridine rings is 1. The lowest BCUT2D eigenvalue weighted by Crippen LogP contribution is -2.43. The van der Waals surface area contributed by atoms with Crippen molar-refractivity contribution >= 4 is 17.4 Å². The van der Waals surface area contributed by atoms with Crippen molar-refractivity contribution < 1.29 is 8.78 Å². The van der Waals surface area contributed by atoms with Crippen molar-refractivity contribution in [2.45, 2.75) is 57.5 Å². The lowest BCUT2D eigenvalue weighted by atomic mass is 9.95. The number of piperidine rings is 2. The summed E-state index contributed by atoms with van der Waals surface area (Å²) in [5.41, 5.74) is 1.67. The van der Waals surface area contributed by atoms with E-state index in [9.17, 15) is 14.0 Å². The van der Waals surface area contributed by atoms with Crippen LogP contribution in [0, 0.1) is 23.0 Å². The van der Waals surface area contributed by atoms with Crippen LogP contribution in [-0.4, -0.2) is 67.7 Å². The average molecular weight is 558 g/mol. The summed E-state index contributed by atoms with van der Waals surface area (Å²) in [4.78, 5) is 18.7. The number of hydrogen-bond donors (Lipinski definition) is 1. The van der Waals surface area contributed by atoms with Crippen LogP contribution in [0.1, 0.15) is 56.8 Å². The van der Waals surface area contributed by atoms with Crippen LogP contribution in [0.4, 0.5) is 20.5 Å². The molecule has 212 valence electrons. The fourth-order valence-electron chi connectivity index (χ4n) is 5.86. The molecule has 1 N–H and O–H groups in total. The minimum absolute atomic E-state index is 0.0113. The number of nitriles is 1. The molecule has 4 aromatic rings. The number of nitrogens with zero attached hydrogens (tertiary/aromatic N) is 8. The van der Waals surface area contributed by atoms with Crippen LogP contribution in [0.5, 0.6) is 0 Å². The fraction of sp³-hybridized carbons (Fsp3) is 0.433. The molecule has 0 spiro atoms. The highest BCUT2D eigenvalue weighted by molar-refractivity contribution is 5.67. The second-order valence-electron chi connectivity index (χ2n) is 11.2. The maximum atomic E-state index is 14.9. The standard InChI is InChI=1S/C30H33F2N9/c1-19(2)39-13-9-20(10-14-39)29-37-27-16-26(24-8-7-22(31)15-25(24)32)36-30(41(27)38-29)40-12-4-6-23(18-40)35-28-21(17-33)5-3-11-34-28/h3,5,7-8,11,15-16,19-20,23H,4,6,9-10,12-14,18H2,1-2H3,(H,34,35). The van der Waals surface area contributed by atoms with Gasteiger partial charge in [-0.15, -0.1) is 5.10 Å². The van der Waals surface area contributed by atoms with Gasteiger partial charge in [-0.2, -0.15) is 9.78 Å². The Hall–Kier alpha value is -4.17. The van der Waals surface area contributed by atoms with Crippen molar-refractivity contribution in [1.82, 2.24) is 29.5 Å². The average Bonchev–Trinajstić information content (AvgIpc) is 3.41. The monoisotopic (exact) mass is 557 g/mol. The van der Waals surface area contributed by atoms with Gasteiger partial charge < -0.3 is 15.1 Å². The summed E-state index contributed by atoms with van der Waals surface area (Å²) in [5, 5.41) is 17.9. The molecule has 2 aliphatic heterocycles. The van der Waals surface area contributed by atoms with Crippen LogP contribution in [0.2, 0.25) is 0 Å². The van der Waals surface area contributed by atoms with Gasteiger partial charge in [-0.1, -0.05) is 0 Å². The summed E-state index contributed by atoms with van der Waals surface area (Å²) in [6.45, 7) is 7.73. The van der Waals surface area contributed by atoms with Crippen LogP contribution in [-0.2, 0) is 0 Å². The Balaban J connectivity index is 1.36. The molecule has 2 fully saturated rings. The molecule has 2 aliphatic rings. The highest BCUT2D eigenvalue weighted by Gasteiger charge is 2.29. The van der Waals surface area contributed by atoms with E-state index >= 15 is 0 Å². The molecule has 6 rings (SSSR count). The summed E-state index contributed by atoms with van der Waals surface area (Å²) in [6.07, 6.45) is 5.37. The Bertz CT molecular complexity index is 1590. The summed E-state index contributed by atoms with van der Waals surface area (Å²) in [7, 11) is 0. The van der Waals surface area contributed by atoms with E-state index < -0.39 is 11.6 Å². The Kier molecular flexibility index (Phi) is 7.49. The van der Waals surface area contributed by atoms with E-state index in [1.165, 1.54) is 12.1 Å². The van der Waals surface area contributed by atoms with E-state index in [4.69, 9.17) is 15.1 Å². The third kappa shape index (κ3) is 5.57. The third-order valence-electron chi connectivity index (χ3n) is 8.13. The molecule has 3 aromatic heterocycles. The summed E-state index contributed by atoms with van der Waals surface area (Å²) in [5.74, 6) is 0.804. The number of likely N-dealkylation sites (tertiary alicyclic amines) is 1. The third-order valence-corrected chi connectivity index (χ3v) is 8.13. The minimum atomic E-state index is -0.675. The normalized spacial score (nSPS) is 18.6. The summed E-state index contributed by atoms with van der Waals surface area (Å²) in [6, 6.07) is 11.4. The Labute approximate surface area is 237 Å². The summed E-state index contributed by atoms with van der Waals surface area (Å²) < 4.78 is 30.4. The zero-order valence-electron chi connectivity index (χ0n) is 23.3. The lowest BCUT2D eigenvalue weighted by Gasteiger charge is -2.34. The van der Waals surface area contributed by atoms with Crippen molar-refractivity contribution in [3.8, 4) is 17.3 Å². The van der Waals surface area contributed by atoms with Gasteiger partial charge in [-0.3, -0.25) is 0 Å². The number of benzene rings is 1. The van der Waals surface area contributed by atoms with Gasteiger partial charge >= 0.3 is 0 Å². The van der Waals surface area contributed by atoms with Crippen molar-refractivity contribution in [3.63, 3.8) is 0 Å². The van der Waals surface area contributed by atoms with Gasteiger partial charge in [-0.25, -0.2) is 23.7 Å². The molecule has 0 saturated carbocycles. The Morgan fingerprint density at radius 1 is 1.05 bits per heavy atom. The molecule has 0 aliphatic carbocycles. The maximum absolute atomic E-state index is 14.9. The van der Waals surface area contributed by atoms with Crippen molar-refractivity contribution in [1.29, 1.82) is 5.26 Å². The molecule has 11 heteroatoms. The smallest absolute Gasteiger partial charge is 0.229 e. The second-order valence-corrected chi connectivity index (χ2v) is 11.2. The SMILES string of the molecule is CC(C)N1CCC(c2nc3cc(-c4ccc(F)cc4F)nc(N4CCCC(Nc5ncccc5C#N)C4)n3n2)CC1. The quantitative estimate of drug-likeness (QED) is 0.354. The van der Waals surface area contributed by atoms with Gasteiger partial charge in [0.1, 0.15) is 23.5 Å². The van der Waals surface area contributed by atoms with Crippen LogP contribution in [0.25, 0.3) is 16.9 Å². The number of fused-ring (bicyclic) bond motifs is 1. The first-order valence-corrected chi connectivity index (χ1v) is 14.2. The van der Waals surface area contributed by atoms with Crippen molar-refractivity contribution in [3.05, 3.63) is 65.6 Å². The van der Waals surface area contributed by atoms with Gasteiger partial charge in [0.05, 0.1) is 11.3 Å². The molecule has 0 bridgehead atoms. The largest absolute Gasteiger partial charge is 0.364 e. The molecule has 9 nitrogen and oxygen atoms in total. The van der Waals surface area contributed by atoms with Gasteiger partial charge in [0, 0.05) is 55.0 Å². The highest BCUT2D eigenvalue weighted by Crippen LogP contribution is 2.31. The maximum Gasteiger partial charge on any atom is 0.229 e. The molecular weight excluding hydrogens is 524 g/mol. The predicted molar refractivity (Wildman–Crippen MR) is 153 cm³/mol. The zero-order valence-corrected chi connectivity index (χ0v) is 23.3. The molecule has 5 heterocycles. The van der Waals surface area contributed by atoms with Crippen molar-refractivity contribution in [2.24, 2.45) is 0 Å². The number of hydrogen-bond acceptors (Lipinski definition) is 8. The number of aromatic nitrogens is 5.